The molecule has 13 heavy (non-hydrogen) atoms. The lowest BCUT2D eigenvalue weighted by molar-refractivity contribution is -0.122. The number of carbonyl (C=O) groups is 1. The van der Waals surface area contributed by atoms with Gasteiger partial charge in [-0.2, -0.15) is 0 Å². The van der Waals surface area contributed by atoms with Crippen molar-refractivity contribution in [3.05, 3.63) is 18.0 Å². The fourth-order valence-electron chi connectivity index (χ4n) is 0.698. The number of aromatic nitrogens is 2. The summed E-state index contributed by atoms with van der Waals surface area (Å²) in [6.07, 6.45) is 1.58. The monoisotopic (exact) mass is 181 g/mol. The van der Waals surface area contributed by atoms with Gasteiger partial charge in [0.2, 0.25) is 0 Å². The van der Waals surface area contributed by atoms with Crippen LogP contribution in [0.15, 0.2) is 12.3 Å². The average Bonchev–Trinajstić information content (AvgIpc) is 2.14. The molecule has 5 heteroatoms. The summed E-state index contributed by atoms with van der Waals surface area (Å²) in [6.45, 7) is 1.77. The molecule has 0 aliphatic rings. The molecule has 0 aliphatic heterocycles. The molecule has 70 valence electrons. The molecular formula is C8H11N3O2. The molecule has 1 heterocycles. The standard InChI is InChI=1S/C8H11N3O2/c1-6-3-4-10-8(11-6)13-5-7(12)9-2/h3-4H,5H2,1-2H3,(H,9,12). The predicted molar refractivity (Wildman–Crippen MR) is 46.3 cm³/mol. The molecule has 5 nitrogen and oxygen atoms in total. The topological polar surface area (TPSA) is 64.1 Å². The maximum absolute atomic E-state index is 10.8. The lowest BCUT2D eigenvalue weighted by atomic mass is 10.5. The van der Waals surface area contributed by atoms with Crippen LogP contribution < -0.4 is 10.1 Å². The van der Waals surface area contributed by atoms with E-state index in [-0.39, 0.29) is 18.5 Å². The van der Waals surface area contributed by atoms with Crippen LogP contribution in [0.5, 0.6) is 6.01 Å². The van der Waals surface area contributed by atoms with Gasteiger partial charge in [-0.15, -0.1) is 0 Å². The number of nitrogens with zero attached hydrogens (tertiary/aromatic N) is 2. The zero-order valence-electron chi connectivity index (χ0n) is 7.57. The Balaban J connectivity index is 2.50. The van der Waals surface area contributed by atoms with E-state index < -0.39 is 0 Å². The Kier molecular flexibility index (Phi) is 3.19. The normalized spacial score (nSPS) is 9.38. The van der Waals surface area contributed by atoms with Crippen LogP contribution in [0.4, 0.5) is 0 Å². The van der Waals surface area contributed by atoms with Crippen molar-refractivity contribution in [1.29, 1.82) is 0 Å². The van der Waals surface area contributed by atoms with Crippen LogP contribution >= 0.6 is 0 Å². The summed E-state index contributed by atoms with van der Waals surface area (Å²) in [5.41, 5.74) is 0.807. The van der Waals surface area contributed by atoms with Gasteiger partial charge in [0.1, 0.15) is 0 Å². The Morgan fingerprint density at radius 2 is 2.46 bits per heavy atom. The summed E-state index contributed by atoms with van der Waals surface area (Å²) < 4.78 is 5.01. The Labute approximate surface area is 76.2 Å². The van der Waals surface area contributed by atoms with E-state index in [1.54, 1.807) is 19.3 Å². The molecular weight excluding hydrogens is 170 g/mol. The second kappa shape index (κ2) is 4.39. The number of amides is 1. The molecule has 0 radical (unpaired) electrons. The van der Waals surface area contributed by atoms with Crippen LogP contribution in [0.3, 0.4) is 0 Å². The minimum atomic E-state index is -0.204. The van der Waals surface area contributed by atoms with Crippen LogP contribution in [-0.2, 0) is 4.79 Å². The third kappa shape index (κ3) is 3.06. The first-order valence-electron chi connectivity index (χ1n) is 3.85. The van der Waals surface area contributed by atoms with E-state index >= 15 is 0 Å². The molecule has 1 amide bonds. The van der Waals surface area contributed by atoms with Gasteiger partial charge in [0.05, 0.1) is 0 Å². The first-order chi connectivity index (χ1) is 6.22. The second-order valence-electron chi connectivity index (χ2n) is 2.44. The Morgan fingerprint density at radius 3 is 3.08 bits per heavy atom. The van der Waals surface area contributed by atoms with Crippen LogP contribution in [0.25, 0.3) is 0 Å². The van der Waals surface area contributed by atoms with E-state index in [0.717, 1.165) is 5.69 Å². The van der Waals surface area contributed by atoms with Gasteiger partial charge in [0.15, 0.2) is 6.61 Å². The third-order valence-corrected chi connectivity index (χ3v) is 1.38. The highest BCUT2D eigenvalue weighted by Crippen LogP contribution is 2.00. The molecule has 1 aromatic heterocycles. The Morgan fingerprint density at radius 1 is 1.69 bits per heavy atom. The zero-order valence-corrected chi connectivity index (χ0v) is 7.57. The molecule has 0 atom stereocenters. The number of aryl methyl sites for hydroxylation is 1. The molecule has 0 spiro atoms. The molecule has 0 aromatic carbocycles. The van der Waals surface area contributed by atoms with Crippen LogP contribution in [0, 0.1) is 6.92 Å². The van der Waals surface area contributed by atoms with Gasteiger partial charge in [-0.05, 0) is 13.0 Å². The third-order valence-electron chi connectivity index (χ3n) is 1.38. The van der Waals surface area contributed by atoms with Gasteiger partial charge >= 0.3 is 6.01 Å². The molecule has 1 rings (SSSR count). The lowest BCUT2D eigenvalue weighted by Gasteiger charge is -2.02. The Bertz CT molecular complexity index is 301. The van der Waals surface area contributed by atoms with Gasteiger partial charge in [0.25, 0.3) is 5.91 Å². The maximum Gasteiger partial charge on any atom is 0.317 e. The summed E-state index contributed by atoms with van der Waals surface area (Å²) in [7, 11) is 1.54. The van der Waals surface area contributed by atoms with Crippen LogP contribution in [0.2, 0.25) is 0 Å². The Hall–Kier alpha value is -1.65. The van der Waals surface area contributed by atoms with Crippen molar-refractivity contribution in [2.24, 2.45) is 0 Å². The first-order valence-corrected chi connectivity index (χ1v) is 3.85. The minimum absolute atomic E-state index is 0.0556. The zero-order chi connectivity index (χ0) is 9.68. The second-order valence-corrected chi connectivity index (χ2v) is 2.44. The SMILES string of the molecule is CNC(=O)COc1nccc(C)n1. The molecule has 0 saturated carbocycles. The summed E-state index contributed by atoms with van der Waals surface area (Å²) in [5, 5.41) is 2.43. The number of rotatable bonds is 3. The van der Waals surface area contributed by atoms with Crippen LogP contribution in [0.1, 0.15) is 5.69 Å². The fourth-order valence-corrected chi connectivity index (χ4v) is 0.698. The van der Waals surface area contributed by atoms with Crippen molar-refractivity contribution < 1.29 is 9.53 Å². The van der Waals surface area contributed by atoms with Gasteiger partial charge in [-0.25, -0.2) is 9.97 Å². The highest BCUT2D eigenvalue weighted by atomic mass is 16.5. The number of likely N-dealkylation sites (N-methyl/N-ethyl adjacent to an activating group) is 1. The average molecular weight is 181 g/mol. The van der Waals surface area contributed by atoms with Gasteiger partial charge < -0.3 is 10.1 Å². The smallest absolute Gasteiger partial charge is 0.317 e. The summed E-state index contributed by atoms with van der Waals surface area (Å²) in [5.74, 6) is -0.204. The van der Waals surface area contributed by atoms with E-state index in [1.165, 1.54) is 0 Å². The molecule has 1 N–H and O–H groups in total. The number of ether oxygens (including phenoxy) is 1. The number of hydrogen-bond donors (Lipinski definition) is 1. The highest BCUT2D eigenvalue weighted by molar-refractivity contribution is 5.76. The van der Waals surface area contributed by atoms with Gasteiger partial charge in [-0.3, -0.25) is 4.79 Å². The van der Waals surface area contributed by atoms with Gasteiger partial charge in [-0.1, -0.05) is 0 Å². The summed E-state index contributed by atoms with van der Waals surface area (Å²) >= 11 is 0. The summed E-state index contributed by atoms with van der Waals surface area (Å²) in [6, 6.07) is 1.98. The minimum Gasteiger partial charge on any atom is -0.453 e. The molecule has 0 bridgehead atoms. The predicted octanol–water partition coefficient (Wildman–Crippen LogP) is -0.0902. The molecule has 1 aromatic rings. The fraction of sp³-hybridized carbons (Fsp3) is 0.375. The van der Waals surface area contributed by atoms with E-state index in [1.807, 2.05) is 6.92 Å². The van der Waals surface area contributed by atoms with Crippen molar-refractivity contribution in [3.8, 4) is 6.01 Å². The van der Waals surface area contributed by atoms with Crippen molar-refractivity contribution in [1.82, 2.24) is 15.3 Å². The molecule has 0 unspecified atom stereocenters. The highest BCUT2D eigenvalue weighted by Gasteiger charge is 2.01. The largest absolute Gasteiger partial charge is 0.453 e. The number of hydrogen-bond acceptors (Lipinski definition) is 4. The van der Waals surface area contributed by atoms with Crippen molar-refractivity contribution in [3.63, 3.8) is 0 Å². The van der Waals surface area contributed by atoms with E-state index in [2.05, 4.69) is 15.3 Å². The quantitative estimate of drug-likeness (QED) is 0.707. The van der Waals surface area contributed by atoms with E-state index in [9.17, 15) is 4.79 Å². The van der Waals surface area contributed by atoms with Crippen molar-refractivity contribution >= 4 is 5.91 Å². The maximum atomic E-state index is 10.8. The van der Waals surface area contributed by atoms with Crippen molar-refractivity contribution in [2.75, 3.05) is 13.7 Å². The van der Waals surface area contributed by atoms with Gasteiger partial charge in [0, 0.05) is 18.9 Å². The summed E-state index contributed by atoms with van der Waals surface area (Å²) in [4.78, 5) is 18.6. The van der Waals surface area contributed by atoms with E-state index in [4.69, 9.17) is 4.74 Å². The number of carbonyl (C=O) groups excluding carboxylic acids is 1. The van der Waals surface area contributed by atoms with Crippen molar-refractivity contribution in [2.45, 2.75) is 6.92 Å². The molecule has 0 fully saturated rings. The lowest BCUT2D eigenvalue weighted by Crippen LogP contribution is -2.25. The number of nitrogens with one attached hydrogen (secondary N) is 1. The van der Waals surface area contributed by atoms with Crippen LogP contribution in [-0.4, -0.2) is 29.5 Å². The van der Waals surface area contributed by atoms with E-state index in [0.29, 0.717) is 0 Å². The first kappa shape index (κ1) is 9.44. The molecule has 0 saturated heterocycles. The molecule has 0 aliphatic carbocycles.